The van der Waals surface area contributed by atoms with Gasteiger partial charge < -0.3 is 14.9 Å². The first-order valence-electron chi connectivity index (χ1n) is 6.24. The van der Waals surface area contributed by atoms with Crippen LogP contribution >= 0.6 is 0 Å². The van der Waals surface area contributed by atoms with Gasteiger partial charge in [0.2, 0.25) is 0 Å². The van der Waals surface area contributed by atoms with Crippen molar-refractivity contribution in [3.05, 3.63) is 0 Å². The number of rotatable bonds is 7. The SMILES string of the molecule is CCCN(C(=O)N(C)CCO)C(CC)CC. The molecule has 0 aliphatic carbocycles. The van der Waals surface area contributed by atoms with Crippen molar-refractivity contribution in [1.29, 1.82) is 0 Å². The predicted molar refractivity (Wildman–Crippen MR) is 66.5 cm³/mol. The summed E-state index contributed by atoms with van der Waals surface area (Å²) in [6.45, 7) is 7.51. The second kappa shape index (κ2) is 8.39. The minimum atomic E-state index is 0.0190. The molecule has 0 spiro atoms. The summed E-state index contributed by atoms with van der Waals surface area (Å²) in [7, 11) is 1.74. The Morgan fingerprint density at radius 3 is 2.12 bits per heavy atom. The van der Waals surface area contributed by atoms with Crippen LogP contribution in [0, 0.1) is 0 Å². The van der Waals surface area contributed by atoms with Crippen LogP contribution in [0.2, 0.25) is 0 Å². The van der Waals surface area contributed by atoms with Crippen molar-refractivity contribution in [2.45, 2.75) is 46.1 Å². The Balaban J connectivity index is 4.55. The summed E-state index contributed by atoms with van der Waals surface area (Å²) < 4.78 is 0. The lowest BCUT2D eigenvalue weighted by molar-refractivity contribution is 0.129. The van der Waals surface area contributed by atoms with E-state index in [1.165, 1.54) is 0 Å². The molecule has 0 saturated carbocycles. The molecule has 1 N–H and O–H groups in total. The molecule has 0 heterocycles. The van der Waals surface area contributed by atoms with Gasteiger partial charge in [0, 0.05) is 26.2 Å². The highest BCUT2D eigenvalue weighted by Crippen LogP contribution is 2.11. The summed E-state index contributed by atoms with van der Waals surface area (Å²) in [6, 6.07) is 0.346. The number of likely N-dealkylation sites (N-methyl/N-ethyl adjacent to an activating group) is 1. The van der Waals surface area contributed by atoms with Crippen molar-refractivity contribution in [2.75, 3.05) is 26.7 Å². The van der Waals surface area contributed by atoms with E-state index in [1.807, 2.05) is 4.90 Å². The monoisotopic (exact) mass is 230 g/mol. The molecule has 4 heteroatoms. The number of amides is 2. The fourth-order valence-electron chi connectivity index (χ4n) is 1.87. The molecule has 0 unspecified atom stereocenters. The summed E-state index contributed by atoms with van der Waals surface area (Å²) in [5.41, 5.74) is 0. The molecule has 0 saturated heterocycles. The molecular formula is C12H26N2O2. The molecule has 0 fully saturated rings. The summed E-state index contributed by atoms with van der Waals surface area (Å²) in [5.74, 6) is 0. The summed E-state index contributed by atoms with van der Waals surface area (Å²) in [4.78, 5) is 15.6. The molecule has 0 aliphatic rings. The maximum absolute atomic E-state index is 12.1. The van der Waals surface area contributed by atoms with Crippen LogP contribution in [0.3, 0.4) is 0 Å². The molecule has 0 aromatic carbocycles. The first kappa shape index (κ1) is 15.2. The molecule has 0 radical (unpaired) electrons. The number of aliphatic hydroxyl groups excluding tert-OH is 1. The average Bonchev–Trinajstić information content (AvgIpc) is 2.29. The maximum atomic E-state index is 12.1. The third kappa shape index (κ3) is 4.39. The summed E-state index contributed by atoms with van der Waals surface area (Å²) >= 11 is 0. The quantitative estimate of drug-likeness (QED) is 0.726. The Kier molecular flexibility index (Phi) is 7.99. The Morgan fingerprint density at radius 1 is 1.19 bits per heavy atom. The molecule has 0 rings (SSSR count). The Bertz CT molecular complexity index is 193. The Morgan fingerprint density at radius 2 is 1.75 bits per heavy atom. The normalized spacial score (nSPS) is 10.6. The topological polar surface area (TPSA) is 43.8 Å². The maximum Gasteiger partial charge on any atom is 0.320 e. The summed E-state index contributed by atoms with van der Waals surface area (Å²) in [6.07, 6.45) is 2.93. The highest BCUT2D eigenvalue weighted by molar-refractivity contribution is 5.74. The van der Waals surface area contributed by atoms with Gasteiger partial charge in [0.15, 0.2) is 0 Å². The minimum Gasteiger partial charge on any atom is -0.395 e. The lowest BCUT2D eigenvalue weighted by Crippen LogP contribution is -2.47. The van der Waals surface area contributed by atoms with E-state index in [2.05, 4.69) is 20.8 Å². The van der Waals surface area contributed by atoms with E-state index in [9.17, 15) is 4.79 Å². The van der Waals surface area contributed by atoms with Gasteiger partial charge in [-0.05, 0) is 19.3 Å². The van der Waals surface area contributed by atoms with Gasteiger partial charge in [0.25, 0.3) is 0 Å². The molecular weight excluding hydrogens is 204 g/mol. The van der Waals surface area contributed by atoms with Crippen molar-refractivity contribution in [3.63, 3.8) is 0 Å². The van der Waals surface area contributed by atoms with Gasteiger partial charge in [-0.25, -0.2) is 4.79 Å². The number of carbonyl (C=O) groups excluding carboxylic acids is 1. The van der Waals surface area contributed by atoms with Crippen molar-refractivity contribution in [3.8, 4) is 0 Å². The standard InChI is InChI=1S/C12H26N2O2/c1-5-8-14(11(6-2)7-3)12(16)13(4)9-10-15/h11,15H,5-10H2,1-4H3. The number of aliphatic hydroxyl groups is 1. The van der Waals surface area contributed by atoms with Crippen LogP contribution in [-0.2, 0) is 0 Å². The number of nitrogens with zero attached hydrogens (tertiary/aromatic N) is 2. The van der Waals surface area contributed by atoms with Crippen LogP contribution in [0.15, 0.2) is 0 Å². The molecule has 2 amide bonds. The predicted octanol–water partition coefficient (Wildman–Crippen LogP) is 1.93. The first-order chi connectivity index (χ1) is 7.62. The van der Waals surface area contributed by atoms with Gasteiger partial charge in [-0.15, -0.1) is 0 Å². The second-order valence-electron chi connectivity index (χ2n) is 4.09. The number of carbonyl (C=O) groups is 1. The molecule has 0 bridgehead atoms. The zero-order valence-corrected chi connectivity index (χ0v) is 11.1. The fourth-order valence-corrected chi connectivity index (χ4v) is 1.87. The average molecular weight is 230 g/mol. The molecule has 0 aromatic rings. The van der Waals surface area contributed by atoms with Gasteiger partial charge in [0.05, 0.1) is 6.61 Å². The van der Waals surface area contributed by atoms with Gasteiger partial charge in [-0.1, -0.05) is 20.8 Å². The van der Waals surface area contributed by atoms with Gasteiger partial charge >= 0.3 is 6.03 Å². The van der Waals surface area contributed by atoms with Crippen LogP contribution < -0.4 is 0 Å². The van der Waals surface area contributed by atoms with E-state index in [-0.39, 0.29) is 12.6 Å². The third-order valence-electron chi connectivity index (χ3n) is 2.86. The number of urea groups is 1. The van der Waals surface area contributed by atoms with Gasteiger partial charge in [-0.3, -0.25) is 0 Å². The summed E-state index contributed by atoms with van der Waals surface area (Å²) in [5, 5.41) is 8.84. The van der Waals surface area contributed by atoms with Crippen molar-refractivity contribution < 1.29 is 9.90 Å². The molecule has 0 aromatic heterocycles. The van der Waals surface area contributed by atoms with E-state index in [0.29, 0.717) is 12.6 Å². The van der Waals surface area contributed by atoms with Crippen molar-refractivity contribution in [2.24, 2.45) is 0 Å². The minimum absolute atomic E-state index is 0.0190. The number of hydrogen-bond acceptors (Lipinski definition) is 2. The number of hydrogen-bond donors (Lipinski definition) is 1. The first-order valence-corrected chi connectivity index (χ1v) is 6.24. The smallest absolute Gasteiger partial charge is 0.320 e. The molecule has 4 nitrogen and oxygen atoms in total. The zero-order chi connectivity index (χ0) is 12.6. The van der Waals surface area contributed by atoms with E-state index >= 15 is 0 Å². The Labute approximate surface area is 99.2 Å². The largest absolute Gasteiger partial charge is 0.395 e. The van der Waals surface area contributed by atoms with Gasteiger partial charge in [0.1, 0.15) is 0 Å². The third-order valence-corrected chi connectivity index (χ3v) is 2.86. The fraction of sp³-hybridized carbons (Fsp3) is 0.917. The molecule has 0 atom stereocenters. The van der Waals surface area contributed by atoms with Crippen LogP contribution in [0.1, 0.15) is 40.0 Å². The van der Waals surface area contributed by atoms with Crippen LogP contribution in [0.5, 0.6) is 0 Å². The highest BCUT2D eigenvalue weighted by atomic mass is 16.3. The molecule has 96 valence electrons. The van der Waals surface area contributed by atoms with E-state index in [4.69, 9.17) is 5.11 Å². The Hall–Kier alpha value is -0.770. The lowest BCUT2D eigenvalue weighted by atomic mass is 10.1. The van der Waals surface area contributed by atoms with Crippen LogP contribution in [0.25, 0.3) is 0 Å². The van der Waals surface area contributed by atoms with Crippen LogP contribution in [-0.4, -0.2) is 53.7 Å². The van der Waals surface area contributed by atoms with E-state index in [1.54, 1.807) is 11.9 Å². The lowest BCUT2D eigenvalue weighted by Gasteiger charge is -2.33. The van der Waals surface area contributed by atoms with E-state index in [0.717, 1.165) is 25.8 Å². The molecule has 16 heavy (non-hydrogen) atoms. The van der Waals surface area contributed by atoms with Crippen molar-refractivity contribution in [1.82, 2.24) is 9.80 Å². The van der Waals surface area contributed by atoms with Crippen molar-refractivity contribution >= 4 is 6.03 Å². The highest BCUT2D eigenvalue weighted by Gasteiger charge is 2.22. The second-order valence-corrected chi connectivity index (χ2v) is 4.09. The van der Waals surface area contributed by atoms with Gasteiger partial charge in [-0.2, -0.15) is 0 Å². The van der Waals surface area contributed by atoms with Crippen LogP contribution in [0.4, 0.5) is 4.79 Å². The zero-order valence-electron chi connectivity index (χ0n) is 11.1. The van der Waals surface area contributed by atoms with E-state index < -0.39 is 0 Å². The molecule has 0 aliphatic heterocycles.